The standard InChI is InChI=1S/C9H17N/c1-4-6-7-8(3)9(10)5-2/h10H,3-7H2,1-2H3. The molecule has 58 valence electrons. The van der Waals surface area contributed by atoms with Crippen LogP contribution in [0.25, 0.3) is 0 Å². The van der Waals surface area contributed by atoms with E-state index in [4.69, 9.17) is 5.41 Å². The minimum atomic E-state index is 0.716. The summed E-state index contributed by atoms with van der Waals surface area (Å²) < 4.78 is 0. The van der Waals surface area contributed by atoms with Crippen LogP contribution in [0.1, 0.15) is 39.5 Å². The zero-order valence-electron chi connectivity index (χ0n) is 7.04. The van der Waals surface area contributed by atoms with E-state index in [-0.39, 0.29) is 0 Å². The Labute approximate surface area is 63.7 Å². The highest BCUT2D eigenvalue weighted by Gasteiger charge is 1.97. The minimum absolute atomic E-state index is 0.716. The number of hydrogen-bond donors (Lipinski definition) is 1. The fourth-order valence-corrected chi connectivity index (χ4v) is 0.791. The van der Waals surface area contributed by atoms with Gasteiger partial charge < -0.3 is 5.41 Å². The number of nitrogens with one attached hydrogen (secondary N) is 1. The van der Waals surface area contributed by atoms with Crippen molar-refractivity contribution in [3.63, 3.8) is 0 Å². The fraction of sp³-hybridized carbons (Fsp3) is 0.667. The van der Waals surface area contributed by atoms with Crippen molar-refractivity contribution in [1.82, 2.24) is 0 Å². The van der Waals surface area contributed by atoms with E-state index in [2.05, 4.69) is 13.5 Å². The summed E-state index contributed by atoms with van der Waals surface area (Å²) >= 11 is 0. The third-order valence-corrected chi connectivity index (χ3v) is 1.61. The van der Waals surface area contributed by atoms with Gasteiger partial charge in [-0.05, 0) is 24.8 Å². The molecule has 0 fully saturated rings. The van der Waals surface area contributed by atoms with Crippen molar-refractivity contribution >= 4 is 5.71 Å². The molecule has 0 rings (SSSR count). The summed E-state index contributed by atoms with van der Waals surface area (Å²) in [6.07, 6.45) is 4.18. The number of rotatable bonds is 5. The van der Waals surface area contributed by atoms with E-state index in [1.807, 2.05) is 6.92 Å². The Morgan fingerprint density at radius 3 is 2.40 bits per heavy atom. The molecule has 0 radical (unpaired) electrons. The molecule has 0 aliphatic carbocycles. The molecular formula is C9H17N. The second-order valence-corrected chi connectivity index (χ2v) is 2.54. The number of allylic oxidation sites excluding steroid dienone is 1. The van der Waals surface area contributed by atoms with Crippen LogP contribution >= 0.6 is 0 Å². The quantitative estimate of drug-likeness (QED) is 0.566. The first-order valence-electron chi connectivity index (χ1n) is 3.97. The lowest BCUT2D eigenvalue weighted by atomic mass is 10.0. The minimum Gasteiger partial charge on any atom is -0.305 e. The third-order valence-electron chi connectivity index (χ3n) is 1.61. The molecule has 0 saturated heterocycles. The van der Waals surface area contributed by atoms with Crippen LogP contribution in [0.4, 0.5) is 0 Å². The summed E-state index contributed by atoms with van der Waals surface area (Å²) in [7, 11) is 0. The van der Waals surface area contributed by atoms with Gasteiger partial charge in [0.25, 0.3) is 0 Å². The van der Waals surface area contributed by atoms with Gasteiger partial charge in [-0.25, -0.2) is 0 Å². The SMILES string of the molecule is C=C(CCCC)C(=N)CC. The van der Waals surface area contributed by atoms with Gasteiger partial charge in [-0.3, -0.25) is 0 Å². The summed E-state index contributed by atoms with van der Waals surface area (Å²) in [5, 5.41) is 7.42. The highest BCUT2D eigenvalue weighted by Crippen LogP contribution is 2.07. The molecule has 0 spiro atoms. The van der Waals surface area contributed by atoms with E-state index < -0.39 is 0 Å². The molecule has 0 aliphatic rings. The van der Waals surface area contributed by atoms with Gasteiger partial charge in [-0.2, -0.15) is 0 Å². The first-order valence-corrected chi connectivity index (χ1v) is 3.97. The van der Waals surface area contributed by atoms with Crippen LogP contribution in [-0.4, -0.2) is 5.71 Å². The third kappa shape index (κ3) is 3.44. The van der Waals surface area contributed by atoms with Crippen LogP contribution in [0, 0.1) is 5.41 Å². The molecule has 0 heterocycles. The van der Waals surface area contributed by atoms with Gasteiger partial charge in [0.1, 0.15) is 0 Å². The lowest BCUT2D eigenvalue weighted by molar-refractivity contribution is 0.801. The summed E-state index contributed by atoms with van der Waals surface area (Å²) in [5.41, 5.74) is 1.73. The van der Waals surface area contributed by atoms with Crippen LogP contribution in [0.5, 0.6) is 0 Å². The summed E-state index contributed by atoms with van der Waals surface area (Å²) in [4.78, 5) is 0. The van der Waals surface area contributed by atoms with Crippen molar-refractivity contribution in [2.45, 2.75) is 39.5 Å². The molecule has 0 saturated carbocycles. The fourth-order valence-electron chi connectivity index (χ4n) is 0.791. The van der Waals surface area contributed by atoms with Crippen molar-refractivity contribution < 1.29 is 0 Å². The molecule has 0 aromatic heterocycles. The molecule has 0 unspecified atom stereocenters. The van der Waals surface area contributed by atoms with E-state index in [1.165, 1.54) is 12.8 Å². The van der Waals surface area contributed by atoms with Crippen LogP contribution in [0.3, 0.4) is 0 Å². The molecule has 0 aliphatic heterocycles. The smallest absolute Gasteiger partial charge is 0.0337 e. The highest BCUT2D eigenvalue weighted by atomic mass is 14.4. The molecule has 10 heavy (non-hydrogen) atoms. The summed E-state index contributed by atoms with van der Waals surface area (Å²) in [5.74, 6) is 0. The Morgan fingerprint density at radius 1 is 1.40 bits per heavy atom. The van der Waals surface area contributed by atoms with E-state index in [9.17, 15) is 0 Å². The Morgan fingerprint density at radius 2 is 2.00 bits per heavy atom. The largest absolute Gasteiger partial charge is 0.305 e. The molecule has 1 N–H and O–H groups in total. The van der Waals surface area contributed by atoms with Gasteiger partial charge in [0.2, 0.25) is 0 Å². The Hall–Kier alpha value is -0.590. The normalized spacial score (nSPS) is 9.40. The van der Waals surface area contributed by atoms with Gasteiger partial charge in [0, 0.05) is 5.71 Å². The number of unbranched alkanes of at least 4 members (excludes halogenated alkanes) is 1. The van der Waals surface area contributed by atoms with Crippen molar-refractivity contribution in [2.75, 3.05) is 0 Å². The van der Waals surface area contributed by atoms with Crippen LogP contribution in [-0.2, 0) is 0 Å². The lowest BCUT2D eigenvalue weighted by Crippen LogP contribution is -1.97. The summed E-state index contributed by atoms with van der Waals surface area (Å²) in [6, 6.07) is 0. The lowest BCUT2D eigenvalue weighted by Gasteiger charge is -2.02. The van der Waals surface area contributed by atoms with Gasteiger partial charge in [0.05, 0.1) is 0 Å². The van der Waals surface area contributed by atoms with Gasteiger partial charge in [0.15, 0.2) is 0 Å². The molecule has 0 bridgehead atoms. The molecule has 1 heteroatoms. The van der Waals surface area contributed by atoms with Crippen molar-refractivity contribution in [3.05, 3.63) is 12.2 Å². The Balaban J connectivity index is 3.52. The maximum atomic E-state index is 7.42. The maximum absolute atomic E-state index is 7.42. The topological polar surface area (TPSA) is 23.9 Å². The first kappa shape index (κ1) is 9.41. The Kier molecular flexibility index (Phi) is 4.91. The highest BCUT2D eigenvalue weighted by molar-refractivity contribution is 5.96. The zero-order chi connectivity index (χ0) is 7.98. The van der Waals surface area contributed by atoms with E-state index in [0.29, 0.717) is 5.71 Å². The average molecular weight is 139 g/mol. The molecule has 0 aromatic carbocycles. The first-order chi connectivity index (χ1) is 4.72. The summed E-state index contributed by atoms with van der Waals surface area (Å²) in [6.45, 7) is 7.99. The second-order valence-electron chi connectivity index (χ2n) is 2.54. The number of hydrogen-bond acceptors (Lipinski definition) is 1. The van der Waals surface area contributed by atoms with E-state index in [1.54, 1.807) is 0 Å². The molecule has 0 amide bonds. The van der Waals surface area contributed by atoms with E-state index >= 15 is 0 Å². The predicted octanol–water partition coefficient (Wildman–Crippen LogP) is 3.16. The molecule has 0 aromatic rings. The predicted molar refractivity (Wildman–Crippen MR) is 46.7 cm³/mol. The molecular weight excluding hydrogens is 122 g/mol. The van der Waals surface area contributed by atoms with Gasteiger partial charge in [-0.1, -0.05) is 26.8 Å². The zero-order valence-corrected chi connectivity index (χ0v) is 7.04. The van der Waals surface area contributed by atoms with Crippen LogP contribution in [0.2, 0.25) is 0 Å². The van der Waals surface area contributed by atoms with E-state index in [0.717, 1.165) is 18.4 Å². The molecule has 0 atom stereocenters. The van der Waals surface area contributed by atoms with Crippen LogP contribution in [0.15, 0.2) is 12.2 Å². The van der Waals surface area contributed by atoms with Gasteiger partial charge in [-0.15, -0.1) is 0 Å². The molecule has 1 nitrogen and oxygen atoms in total. The second kappa shape index (κ2) is 5.21. The van der Waals surface area contributed by atoms with Crippen molar-refractivity contribution in [3.8, 4) is 0 Å². The maximum Gasteiger partial charge on any atom is 0.0337 e. The van der Waals surface area contributed by atoms with Crippen molar-refractivity contribution in [2.24, 2.45) is 0 Å². The van der Waals surface area contributed by atoms with Crippen LogP contribution < -0.4 is 0 Å². The average Bonchev–Trinajstić information content (AvgIpc) is 1.98. The van der Waals surface area contributed by atoms with Gasteiger partial charge >= 0.3 is 0 Å². The monoisotopic (exact) mass is 139 g/mol. The Bertz CT molecular complexity index is 125. The van der Waals surface area contributed by atoms with Crippen molar-refractivity contribution in [1.29, 1.82) is 5.41 Å².